The van der Waals surface area contributed by atoms with E-state index < -0.39 is 18.0 Å². The molecule has 0 fully saturated rings. The Morgan fingerprint density at radius 2 is 1.72 bits per heavy atom. The molecule has 0 heterocycles. The van der Waals surface area contributed by atoms with E-state index in [2.05, 4.69) is 0 Å². The van der Waals surface area contributed by atoms with Gasteiger partial charge in [-0.2, -0.15) is 13.2 Å². The fourth-order valence-electron chi connectivity index (χ4n) is 1.65. The molecule has 0 saturated heterocycles. The van der Waals surface area contributed by atoms with Gasteiger partial charge in [0.25, 0.3) is 0 Å². The van der Waals surface area contributed by atoms with Gasteiger partial charge >= 0.3 is 6.18 Å². The lowest BCUT2D eigenvalue weighted by Gasteiger charge is -2.17. The SMILES string of the molecule is NCC(Sc1ccc2ccccc2c1)C(F)(F)F. The van der Waals surface area contributed by atoms with E-state index in [0.29, 0.717) is 4.90 Å². The quantitative estimate of drug-likeness (QED) is 0.859. The Bertz CT molecular complexity index is 539. The molecule has 5 heteroatoms. The second-order valence-corrected chi connectivity index (χ2v) is 5.17. The topological polar surface area (TPSA) is 26.0 Å². The average molecular weight is 271 g/mol. The number of hydrogen-bond acceptors (Lipinski definition) is 2. The first-order valence-corrected chi connectivity index (χ1v) is 6.31. The van der Waals surface area contributed by atoms with E-state index in [1.807, 2.05) is 30.3 Å². The summed E-state index contributed by atoms with van der Waals surface area (Å²) in [6.07, 6.45) is -4.27. The van der Waals surface area contributed by atoms with Gasteiger partial charge < -0.3 is 5.73 Å². The van der Waals surface area contributed by atoms with Crippen molar-refractivity contribution in [2.45, 2.75) is 16.3 Å². The molecule has 0 radical (unpaired) electrons. The summed E-state index contributed by atoms with van der Waals surface area (Å²) in [5, 5.41) is 0.386. The summed E-state index contributed by atoms with van der Waals surface area (Å²) in [6, 6.07) is 12.8. The Kier molecular flexibility index (Phi) is 3.82. The minimum Gasteiger partial charge on any atom is -0.329 e. The van der Waals surface area contributed by atoms with Gasteiger partial charge in [-0.05, 0) is 22.9 Å². The number of alkyl halides is 3. The smallest absolute Gasteiger partial charge is 0.329 e. The first-order chi connectivity index (χ1) is 8.50. The van der Waals surface area contributed by atoms with Crippen molar-refractivity contribution in [1.82, 2.24) is 0 Å². The third kappa shape index (κ3) is 2.97. The summed E-state index contributed by atoms with van der Waals surface area (Å²) in [7, 11) is 0. The molecular weight excluding hydrogens is 259 g/mol. The molecule has 0 aromatic heterocycles. The molecule has 0 bridgehead atoms. The highest BCUT2D eigenvalue weighted by atomic mass is 32.2. The monoisotopic (exact) mass is 271 g/mol. The summed E-state index contributed by atoms with van der Waals surface area (Å²) in [6.45, 7) is -0.416. The van der Waals surface area contributed by atoms with Gasteiger partial charge in [-0.25, -0.2) is 0 Å². The normalized spacial score (nSPS) is 13.8. The molecule has 1 atom stereocenters. The summed E-state index contributed by atoms with van der Waals surface area (Å²) in [4.78, 5) is 0.585. The van der Waals surface area contributed by atoms with Crippen LogP contribution in [0.1, 0.15) is 0 Å². The summed E-state index contributed by atoms with van der Waals surface area (Å²) in [5.74, 6) is 0. The first kappa shape index (κ1) is 13.2. The number of nitrogens with two attached hydrogens (primary N) is 1. The van der Waals surface area contributed by atoms with E-state index in [1.165, 1.54) is 0 Å². The molecule has 0 aliphatic rings. The molecule has 2 N–H and O–H groups in total. The summed E-state index contributed by atoms with van der Waals surface area (Å²) < 4.78 is 37.9. The highest BCUT2D eigenvalue weighted by Crippen LogP contribution is 2.35. The predicted molar refractivity (Wildman–Crippen MR) is 68.7 cm³/mol. The van der Waals surface area contributed by atoms with Crippen LogP contribution in [0.5, 0.6) is 0 Å². The number of benzene rings is 2. The molecule has 0 spiro atoms. The molecule has 1 nitrogen and oxygen atoms in total. The van der Waals surface area contributed by atoms with E-state index in [4.69, 9.17) is 5.73 Å². The molecule has 2 rings (SSSR count). The maximum absolute atomic E-state index is 12.6. The third-order valence-electron chi connectivity index (χ3n) is 2.58. The van der Waals surface area contributed by atoms with Crippen molar-refractivity contribution in [3.8, 4) is 0 Å². The van der Waals surface area contributed by atoms with Crippen molar-refractivity contribution in [1.29, 1.82) is 0 Å². The molecule has 1 unspecified atom stereocenters. The van der Waals surface area contributed by atoms with Crippen LogP contribution in [0.15, 0.2) is 47.4 Å². The molecule has 0 aliphatic heterocycles. The number of thioether (sulfide) groups is 1. The third-order valence-corrected chi connectivity index (χ3v) is 3.85. The Labute approximate surface area is 107 Å². The van der Waals surface area contributed by atoms with Crippen molar-refractivity contribution < 1.29 is 13.2 Å². The van der Waals surface area contributed by atoms with Crippen molar-refractivity contribution in [2.75, 3.05) is 6.54 Å². The lowest BCUT2D eigenvalue weighted by molar-refractivity contribution is -0.126. The van der Waals surface area contributed by atoms with E-state index in [-0.39, 0.29) is 0 Å². The summed E-state index contributed by atoms with van der Waals surface area (Å²) >= 11 is 0.760. The van der Waals surface area contributed by atoms with Gasteiger partial charge in [-0.15, -0.1) is 11.8 Å². The zero-order valence-corrected chi connectivity index (χ0v) is 10.3. The largest absolute Gasteiger partial charge is 0.402 e. The van der Waals surface area contributed by atoms with Gasteiger partial charge in [0.1, 0.15) is 5.25 Å². The fraction of sp³-hybridized carbons (Fsp3) is 0.231. The average Bonchev–Trinajstić information content (AvgIpc) is 2.34. The number of halogens is 3. The summed E-state index contributed by atoms with van der Waals surface area (Å²) in [5.41, 5.74) is 5.18. The fourth-order valence-corrected chi connectivity index (χ4v) is 2.55. The van der Waals surface area contributed by atoms with Gasteiger partial charge in [0.05, 0.1) is 0 Å². The highest BCUT2D eigenvalue weighted by molar-refractivity contribution is 8.00. The van der Waals surface area contributed by atoms with Crippen molar-refractivity contribution in [2.24, 2.45) is 5.73 Å². The first-order valence-electron chi connectivity index (χ1n) is 5.43. The van der Waals surface area contributed by atoms with Crippen LogP contribution in [-0.4, -0.2) is 18.0 Å². The van der Waals surface area contributed by atoms with Crippen LogP contribution in [0.2, 0.25) is 0 Å². The number of hydrogen-bond donors (Lipinski definition) is 1. The maximum Gasteiger partial charge on any atom is 0.402 e. The van der Waals surface area contributed by atoms with Crippen LogP contribution >= 0.6 is 11.8 Å². The Balaban J connectivity index is 2.26. The molecule has 0 saturated carbocycles. The Hall–Kier alpha value is -1.20. The van der Waals surface area contributed by atoms with Gasteiger partial charge in [0.2, 0.25) is 0 Å². The number of fused-ring (bicyclic) bond motifs is 1. The van der Waals surface area contributed by atoms with Crippen LogP contribution in [0.4, 0.5) is 13.2 Å². The zero-order chi connectivity index (χ0) is 13.2. The highest BCUT2D eigenvalue weighted by Gasteiger charge is 2.39. The van der Waals surface area contributed by atoms with Gasteiger partial charge in [0.15, 0.2) is 0 Å². The van der Waals surface area contributed by atoms with E-state index in [0.717, 1.165) is 22.5 Å². The van der Waals surface area contributed by atoms with Crippen LogP contribution < -0.4 is 5.73 Å². The molecule has 18 heavy (non-hydrogen) atoms. The van der Waals surface area contributed by atoms with E-state index >= 15 is 0 Å². The van der Waals surface area contributed by atoms with Gasteiger partial charge in [-0.3, -0.25) is 0 Å². The Morgan fingerprint density at radius 1 is 1.06 bits per heavy atom. The maximum atomic E-state index is 12.6. The van der Waals surface area contributed by atoms with E-state index in [1.54, 1.807) is 12.1 Å². The molecular formula is C13H12F3NS. The predicted octanol–water partition coefficient (Wildman–Crippen LogP) is 3.82. The van der Waals surface area contributed by atoms with Crippen LogP contribution in [-0.2, 0) is 0 Å². The standard InChI is InChI=1S/C13H12F3NS/c14-13(15,16)12(8-17)18-11-6-5-9-3-1-2-4-10(9)7-11/h1-7,12H,8,17H2. The lowest BCUT2D eigenvalue weighted by Crippen LogP contribution is -2.32. The molecule has 2 aromatic carbocycles. The molecule has 96 valence electrons. The van der Waals surface area contributed by atoms with Gasteiger partial charge in [0, 0.05) is 11.4 Å². The zero-order valence-electron chi connectivity index (χ0n) is 9.45. The van der Waals surface area contributed by atoms with Crippen molar-refractivity contribution in [3.63, 3.8) is 0 Å². The minimum absolute atomic E-state index is 0.416. The number of rotatable bonds is 3. The van der Waals surface area contributed by atoms with Crippen LogP contribution in [0.25, 0.3) is 10.8 Å². The van der Waals surface area contributed by atoms with Crippen LogP contribution in [0.3, 0.4) is 0 Å². The second kappa shape index (κ2) is 5.20. The molecule has 0 amide bonds. The van der Waals surface area contributed by atoms with Gasteiger partial charge in [-0.1, -0.05) is 30.3 Å². The second-order valence-electron chi connectivity index (χ2n) is 3.89. The molecule has 2 aromatic rings. The minimum atomic E-state index is -4.27. The van der Waals surface area contributed by atoms with E-state index in [9.17, 15) is 13.2 Å². The van der Waals surface area contributed by atoms with Crippen LogP contribution in [0, 0.1) is 0 Å². The lowest BCUT2D eigenvalue weighted by atomic mass is 10.1. The van der Waals surface area contributed by atoms with Crippen molar-refractivity contribution in [3.05, 3.63) is 42.5 Å². The Morgan fingerprint density at radius 3 is 2.33 bits per heavy atom. The molecule has 0 aliphatic carbocycles. The van der Waals surface area contributed by atoms with Crippen molar-refractivity contribution >= 4 is 22.5 Å².